The van der Waals surface area contributed by atoms with Gasteiger partial charge >= 0.3 is 0 Å². The predicted octanol–water partition coefficient (Wildman–Crippen LogP) is 3.76. The third kappa shape index (κ3) is 8.14. The van der Waals surface area contributed by atoms with Gasteiger partial charge in [-0.15, -0.1) is 0 Å². The number of anilines is 1. The molecule has 0 aromatic heterocycles. The van der Waals surface area contributed by atoms with Crippen LogP contribution in [-0.2, 0) is 26.2 Å². The SMILES string of the molecule is CCCCNC(=O)[C@H](C)N(Cc1cccc(OC)c1)C(=O)CN(c1ccc(Cl)cc1C)S(C)(=O)=O. The van der Waals surface area contributed by atoms with Crippen LogP contribution in [0.4, 0.5) is 5.69 Å². The van der Waals surface area contributed by atoms with Crippen molar-refractivity contribution >= 4 is 39.1 Å². The van der Waals surface area contributed by atoms with Crippen molar-refractivity contribution in [2.45, 2.75) is 46.2 Å². The molecule has 0 aliphatic carbocycles. The highest BCUT2D eigenvalue weighted by Gasteiger charge is 2.30. The number of aryl methyl sites for hydroxylation is 1. The first-order valence-electron chi connectivity index (χ1n) is 11.4. The Morgan fingerprint density at radius 3 is 2.49 bits per heavy atom. The second kappa shape index (κ2) is 12.8. The van der Waals surface area contributed by atoms with Crippen molar-refractivity contribution in [2.75, 3.05) is 30.8 Å². The van der Waals surface area contributed by atoms with Crippen LogP contribution in [0.1, 0.15) is 37.8 Å². The minimum Gasteiger partial charge on any atom is -0.497 e. The van der Waals surface area contributed by atoms with E-state index in [9.17, 15) is 18.0 Å². The Hall–Kier alpha value is -2.78. The molecule has 8 nitrogen and oxygen atoms in total. The number of ether oxygens (including phenoxy) is 1. The molecule has 0 fully saturated rings. The molecular weight excluding hydrogens is 490 g/mol. The molecular formula is C25H34ClN3O5S. The van der Waals surface area contributed by atoms with Crippen LogP contribution in [0.5, 0.6) is 5.75 Å². The molecule has 2 aromatic carbocycles. The van der Waals surface area contributed by atoms with Crippen molar-refractivity contribution < 1.29 is 22.7 Å². The minimum absolute atomic E-state index is 0.107. The minimum atomic E-state index is -3.81. The number of nitrogens with one attached hydrogen (secondary N) is 1. The highest BCUT2D eigenvalue weighted by molar-refractivity contribution is 7.92. The first-order chi connectivity index (χ1) is 16.5. The zero-order chi connectivity index (χ0) is 26.2. The number of nitrogens with zero attached hydrogens (tertiary/aromatic N) is 2. The normalized spacial score (nSPS) is 12.1. The summed E-state index contributed by atoms with van der Waals surface area (Å²) in [5.74, 6) is -0.196. The monoisotopic (exact) mass is 523 g/mol. The maximum atomic E-state index is 13.6. The molecule has 35 heavy (non-hydrogen) atoms. The van der Waals surface area contributed by atoms with Crippen molar-refractivity contribution in [1.82, 2.24) is 10.2 Å². The number of sulfonamides is 1. The number of methoxy groups -OCH3 is 1. The molecule has 0 saturated heterocycles. The maximum absolute atomic E-state index is 13.6. The second-order valence-electron chi connectivity index (χ2n) is 8.39. The maximum Gasteiger partial charge on any atom is 0.244 e. The van der Waals surface area contributed by atoms with Crippen LogP contribution in [0.2, 0.25) is 5.02 Å². The number of hydrogen-bond acceptors (Lipinski definition) is 5. The third-order valence-corrected chi connectivity index (χ3v) is 6.95. The summed E-state index contributed by atoms with van der Waals surface area (Å²) in [5.41, 5.74) is 1.71. The van der Waals surface area contributed by atoms with Crippen LogP contribution in [0.3, 0.4) is 0 Å². The number of halogens is 1. The Kier molecular flexibility index (Phi) is 10.4. The molecule has 0 unspecified atom stereocenters. The molecule has 0 saturated carbocycles. The van der Waals surface area contributed by atoms with E-state index >= 15 is 0 Å². The fourth-order valence-electron chi connectivity index (χ4n) is 3.58. The summed E-state index contributed by atoms with van der Waals surface area (Å²) in [6.07, 6.45) is 2.78. The van der Waals surface area contributed by atoms with Gasteiger partial charge in [-0.05, 0) is 61.7 Å². The predicted molar refractivity (Wildman–Crippen MR) is 139 cm³/mol. The molecule has 0 bridgehead atoms. The average molecular weight is 524 g/mol. The molecule has 10 heteroatoms. The fraction of sp³-hybridized carbons (Fsp3) is 0.440. The Balaban J connectivity index is 2.40. The molecule has 0 radical (unpaired) electrons. The summed E-state index contributed by atoms with van der Waals surface area (Å²) in [4.78, 5) is 27.8. The zero-order valence-electron chi connectivity index (χ0n) is 20.9. The van der Waals surface area contributed by atoms with Crippen LogP contribution in [0.25, 0.3) is 0 Å². The van der Waals surface area contributed by atoms with Gasteiger partial charge in [0.2, 0.25) is 21.8 Å². The summed E-state index contributed by atoms with van der Waals surface area (Å²) in [7, 11) is -2.26. The van der Waals surface area contributed by atoms with Gasteiger partial charge in [-0.2, -0.15) is 0 Å². The standard InChI is InChI=1S/C25H34ClN3O5S/c1-6-7-13-27-25(31)19(3)28(16-20-9-8-10-22(15-20)34-4)24(30)17-29(35(5,32)33)23-12-11-21(26)14-18(23)2/h8-12,14-15,19H,6-7,13,16-17H2,1-5H3,(H,27,31)/t19-/m0/s1. The highest BCUT2D eigenvalue weighted by atomic mass is 35.5. The van der Waals surface area contributed by atoms with Crippen molar-refractivity contribution in [3.63, 3.8) is 0 Å². The van der Waals surface area contributed by atoms with E-state index in [1.807, 2.05) is 13.0 Å². The van der Waals surface area contributed by atoms with Gasteiger partial charge in [-0.1, -0.05) is 37.1 Å². The number of carbonyl (C=O) groups is 2. The topological polar surface area (TPSA) is 96.0 Å². The van der Waals surface area contributed by atoms with Gasteiger partial charge in [0, 0.05) is 18.1 Å². The van der Waals surface area contributed by atoms with Gasteiger partial charge in [0.25, 0.3) is 0 Å². The van der Waals surface area contributed by atoms with Crippen molar-refractivity contribution in [1.29, 1.82) is 0 Å². The van der Waals surface area contributed by atoms with E-state index in [0.29, 0.717) is 28.6 Å². The molecule has 192 valence electrons. The van der Waals surface area contributed by atoms with Crippen LogP contribution in [-0.4, -0.2) is 57.6 Å². The molecule has 1 N–H and O–H groups in total. The number of amides is 2. The highest BCUT2D eigenvalue weighted by Crippen LogP contribution is 2.26. The fourth-order valence-corrected chi connectivity index (χ4v) is 4.71. The number of hydrogen-bond donors (Lipinski definition) is 1. The summed E-state index contributed by atoms with van der Waals surface area (Å²) in [5, 5.41) is 3.31. The molecule has 2 rings (SSSR count). The molecule has 2 aromatic rings. The summed E-state index contributed by atoms with van der Waals surface area (Å²) in [6.45, 7) is 5.53. The van der Waals surface area contributed by atoms with Gasteiger partial charge in [0.15, 0.2) is 0 Å². The first kappa shape index (κ1) is 28.5. The Morgan fingerprint density at radius 1 is 1.17 bits per heavy atom. The number of rotatable bonds is 12. The Labute approximate surface area is 213 Å². The van der Waals surface area contributed by atoms with Gasteiger partial charge in [0.1, 0.15) is 18.3 Å². The van der Waals surface area contributed by atoms with Gasteiger partial charge in [0.05, 0.1) is 19.1 Å². The third-order valence-electron chi connectivity index (χ3n) is 5.59. The number of carbonyl (C=O) groups excluding carboxylic acids is 2. The van der Waals surface area contributed by atoms with E-state index in [2.05, 4.69) is 5.32 Å². The van der Waals surface area contributed by atoms with Crippen molar-refractivity contribution in [3.8, 4) is 5.75 Å². The second-order valence-corrected chi connectivity index (χ2v) is 10.7. The number of unbranched alkanes of at least 4 members (excludes halogenated alkanes) is 1. The smallest absolute Gasteiger partial charge is 0.244 e. The lowest BCUT2D eigenvalue weighted by Gasteiger charge is -2.32. The van der Waals surface area contributed by atoms with Crippen molar-refractivity contribution in [2.24, 2.45) is 0 Å². The van der Waals surface area contributed by atoms with E-state index < -0.39 is 28.5 Å². The summed E-state index contributed by atoms with van der Waals surface area (Å²) in [6, 6.07) is 11.1. The van der Waals surface area contributed by atoms with Gasteiger partial charge in [-0.3, -0.25) is 13.9 Å². The molecule has 0 heterocycles. The lowest BCUT2D eigenvalue weighted by atomic mass is 10.1. The quantitative estimate of drug-likeness (QED) is 0.427. The molecule has 2 amide bonds. The molecule has 0 aliphatic heterocycles. The van der Waals surface area contributed by atoms with E-state index in [4.69, 9.17) is 16.3 Å². The lowest BCUT2D eigenvalue weighted by molar-refractivity contribution is -0.139. The van der Waals surface area contributed by atoms with Crippen LogP contribution >= 0.6 is 11.6 Å². The van der Waals surface area contributed by atoms with E-state index in [1.54, 1.807) is 57.4 Å². The summed E-state index contributed by atoms with van der Waals surface area (Å²) < 4.78 is 31.7. The molecule has 0 spiro atoms. The lowest BCUT2D eigenvalue weighted by Crippen LogP contribution is -2.51. The van der Waals surface area contributed by atoms with E-state index in [0.717, 1.165) is 29.0 Å². The van der Waals surface area contributed by atoms with Gasteiger partial charge < -0.3 is 15.0 Å². The van der Waals surface area contributed by atoms with E-state index in [1.165, 1.54) is 4.90 Å². The number of benzene rings is 2. The van der Waals surface area contributed by atoms with Crippen LogP contribution < -0.4 is 14.4 Å². The largest absolute Gasteiger partial charge is 0.497 e. The molecule has 0 aliphatic rings. The first-order valence-corrected chi connectivity index (χ1v) is 13.6. The average Bonchev–Trinajstić information content (AvgIpc) is 2.80. The van der Waals surface area contributed by atoms with Crippen LogP contribution in [0, 0.1) is 6.92 Å². The summed E-state index contributed by atoms with van der Waals surface area (Å²) >= 11 is 6.04. The Morgan fingerprint density at radius 2 is 1.89 bits per heavy atom. The van der Waals surface area contributed by atoms with Crippen molar-refractivity contribution in [3.05, 3.63) is 58.6 Å². The van der Waals surface area contributed by atoms with E-state index in [-0.39, 0.29) is 12.5 Å². The molecule has 1 atom stereocenters. The van der Waals surface area contributed by atoms with Gasteiger partial charge in [-0.25, -0.2) is 8.42 Å². The van der Waals surface area contributed by atoms with Crippen LogP contribution in [0.15, 0.2) is 42.5 Å². The Bertz CT molecular complexity index is 1140. The zero-order valence-corrected chi connectivity index (χ0v) is 22.4.